The van der Waals surface area contributed by atoms with E-state index in [0.29, 0.717) is 254 Å². The smallest absolute Gasteiger partial charge is 0.217 e. The molecule has 0 aromatic carbocycles. The highest BCUT2D eigenvalue weighted by atomic mass is 32.2. The molecule has 16 aliphatic heterocycles. The van der Waals surface area contributed by atoms with Crippen LogP contribution in [0.1, 0.15) is 116 Å². The molecule has 0 spiro atoms. The predicted molar refractivity (Wildman–Crippen MR) is 518 cm³/mol. The summed E-state index contributed by atoms with van der Waals surface area (Å²) in [5.41, 5.74) is 43.1. The van der Waals surface area contributed by atoms with Crippen molar-refractivity contribution in [3.63, 3.8) is 0 Å². The summed E-state index contributed by atoms with van der Waals surface area (Å²) in [6, 6.07) is 7.91. The second-order valence-corrected chi connectivity index (χ2v) is 50.3. The molecule has 0 unspecified atom stereocenters. The van der Waals surface area contributed by atoms with Crippen molar-refractivity contribution in [3.05, 3.63) is 110 Å². The Morgan fingerprint density at radius 2 is 0.537 bits per heavy atom. The first kappa shape index (κ1) is 100. The number of aromatic nitrogens is 6. The molecule has 0 atom stereocenters. The summed E-state index contributed by atoms with van der Waals surface area (Å²) in [5.74, 6) is -0.913. The maximum absolute atomic E-state index is 14.1. The van der Waals surface area contributed by atoms with Gasteiger partial charge in [0, 0.05) is 181 Å². The van der Waals surface area contributed by atoms with Crippen LogP contribution in [0.2, 0.25) is 0 Å². The van der Waals surface area contributed by atoms with Crippen molar-refractivity contribution in [2.45, 2.75) is 164 Å². The van der Waals surface area contributed by atoms with Crippen molar-refractivity contribution in [3.8, 4) is 0 Å². The van der Waals surface area contributed by atoms with Gasteiger partial charge in [0.1, 0.15) is 5.25 Å². The second kappa shape index (κ2) is 44.2. The third kappa shape index (κ3) is 23.1. The second-order valence-electron chi connectivity index (χ2n) is 36.8. The molecule has 6 aromatic rings. The Bertz CT molecular complexity index is 5480. The molecule has 4 bridgehead atoms. The molecular weight excluding hydrogens is 1850 g/mol. The molecule has 22 heterocycles. The lowest BCUT2D eigenvalue weighted by Crippen LogP contribution is -2.50. The number of pyridine rings is 6. The zero-order valence-corrected chi connectivity index (χ0v) is 81.2. The SMILES string of the molecule is Nc1cncc(F)c1N1CCC(S(=O)(=O)N2CCC2)CC1.Nc1cncc(F)c1N1CCC(S(=O)(=O)N2CCN3CCC2CC3)CC1.Nc1cnccc1N1CCC(S(=O)(=O)C2COC2)CC1.Nc1cnccc1N1CCC(S(=O)(=O)N2CCC2)CC1.Nc1cnccc1N1CCC(S(=O)(=O)N2CCN3CCC2CC3)CC1.Nc1cnccc1N1CCC(S(=O)(=O)N2CCOCC2)CC1. The molecule has 16 saturated heterocycles. The van der Waals surface area contributed by atoms with Crippen LogP contribution in [-0.4, -0.2) is 357 Å². The molecule has 0 amide bonds. The van der Waals surface area contributed by atoms with Crippen molar-refractivity contribution >= 4 is 128 Å². The summed E-state index contributed by atoms with van der Waals surface area (Å²) in [5, 5.41) is -2.08. The lowest BCUT2D eigenvalue weighted by atomic mass is 10.1. The molecule has 0 saturated carbocycles. The van der Waals surface area contributed by atoms with Crippen LogP contribution < -0.4 is 63.8 Å². The first-order valence-corrected chi connectivity index (χ1v) is 56.3. The number of rotatable bonds is 18. The summed E-state index contributed by atoms with van der Waals surface area (Å²) in [4.78, 5) is 40.4. The van der Waals surface area contributed by atoms with E-state index >= 15 is 0 Å². The van der Waals surface area contributed by atoms with E-state index in [1.807, 2.05) is 38.4 Å². The van der Waals surface area contributed by atoms with Gasteiger partial charge in [0.2, 0.25) is 50.1 Å². The van der Waals surface area contributed by atoms with Crippen LogP contribution in [0.4, 0.5) is 77.0 Å². The number of nitrogen functional groups attached to an aromatic ring is 6. The largest absolute Gasteiger partial charge is 0.396 e. The van der Waals surface area contributed by atoms with Crippen LogP contribution in [0.3, 0.4) is 0 Å². The van der Waals surface area contributed by atoms with E-state index in [2.05, 4.69) is 59.3 Å². The summed E-state index contributed by atoms with van der Waals surface area (Å²) < 4.78 is 199. The van der Waals surface area contributed by atoms with Gasteiger partial charge in [-0.25, -0.2) is 67.9 Å². The van der Waals surface area contributed by atoms with Crippen molar-refractivity contribution in [1.29, 1.82) is 0 Å². The van der Waals surface area contributed by atoms with Crippen molar-refractivity contribution in [2.24, 2.45) is 0 Å². The van der Waals surface area contributed by atoms with Gasteiger partial charge in [-0.1, -0.05) is 0 Å². The van der Waals surface area contributed by atoms with E-state index in [0.717, 1.165) is 139 Å². The molecule has 12 N–H and O–H groups in total. The minimum atomic E-state index is -3.33. The number of hydrogen-bond donors (Lipinski definition) is 6. The Hall–Kier alpha value is -8.30. The Balaban J connectivity index is 0.000000123. The molecule has 22 rings (SSSR count). The number of fused-ring (bicyclic) bond motifs is 8. The summed E-state index contributed by atoms with van der Waals surface area (Å²) in [7, 11) is -19.1. The number of anilines is 12. The first-order valence-electron chi connectivity index (χ1n) is 47.2. The lowest BCUT2D eigenvalue weighted by molar-refractivity contribution is 0.0411. The number of piperidine rings is 8. The van der Waals surface area contributed by atoms with Gasteiger partial charge in [-0.3, -0.25) is 29.9 Å². The van der Waals surface area contributed by atoms with Crippen LogP contribution in [-0.2, 0) is 69.4 Å². The molecule has 134 heavy (non-hydrogen) atoms. The average Bonchev–Trinajstić information content (AvgIpc) is 1.21. The zero-order valence-electron chi connectivity index (χ0n) is 76.3. The summed E-state index contributed by atoms with van der Waals surface area (Å²) in [6.45, 7) is 20.0. The van der Waals surface area contributed by atoms with Gasteiger partial charge in [-0.05, 0) is 166 Å². The summed E-state index contributed by atoms with van der Waals surface area (Å²) >= 11 is 0. The standard InChI is InChI=1S/C17H26FN5O2S.C17H27N5O2S.C14H22N4O3S.C13H19FN4O2S.C13H20N4O2S.C13H19N3O3S/c18-15-11-20-12-16(19)17(15)22-7-3-14(4-8-22)26(24,25)23-10-9-21-5-1-13(23)2-6-21;18-16-13-19-6-1-17(16)21-9-4-15(5-10-21)25(23,24)22-12-11-20-7-2-14(22)3-8-20;15-13-11-16-4-1-14(13)17-5-2-12(3-6-17)22(19,20)18-7-9-21-10-8-18;14-11-8-16-9-12(15)13(11)17-6-2-10(3-7-17)21(19,20)18-4-1-5-18;14-12-10-15-5-2-13(12)16-8-3-11(4-9-16)20(18,19)17-6-1-7-17;14-12-7-15-4-1-13(12)16-5-2-10(3-6-16)20(17,18)11-8-19-9-11/h11-14H,1-10,19H2;1,6,13-15H,2-5,7-12,18H2;1,4,11-12H,2-3,5-10,15H2;8-10H,1-7,15H2;2,5,10-11H,1,3-4,6-9,14H2;1,4,7,10-11H,2-3,5-6,8-9,14H2. The third-order valence-electron chi connectivity index (χ3n) is 28.9. The molecule has 39 nitrogen and oxygen atoms in total. The van der Waals surface area contributed by atoms with Crippen LogP contribution in [0.15, 0.2) is 98.6 Å². The average molecular weight is 1980 g/mol. The topological polar surface area (TPSA) is 499 Å². The Labute approximate surface area is 788 Å². The number of morpholine rings is 1. The van der Waals surface area contributed by atoms with E-state index in [4.69, 9.17) is 43.9 Å². The number of sulfonamides is 5. The Kier molecular flexibility index (Phi) is 33.1. The van der Waals surface area contributed by atoms with Gasteiger partial charge < -0.3 is 83.1 Å². The molecule has 6 aromatic heterocycles. The predicted octanol–water partition coefficient (Wildman–Crippen LogP) is 3.84. The number of nitrogens with zero attached hydrogens (tertiary/aromatic N) is 19. The van der Waals surface area contributed by atoms with E-state index in [9.17, 15) is 59.3 Å². The first-order chi connectivity index (χ1) is 64.3. The monoisotopic (exact) mass is 1980 g/mol. The fourth-order valence-corrected chi connectivity index (χ4v) is 32.8. The Morgan fingerprint density at radius 3 is 0.799 bits per heavy atom. The van der Waals surface area contributed by atoms with Gasteiger partial charge in [0.25, 0.3) is 0 Å². The quantitative estimate of drug-likeness (QED) is 0.0712. The van der Waals surface area contributed by atoms with E-state index in [1.165, 1.54) is 12.4 Å². The zero-order chi connectivity index (χ0) is 94.7. The molecule has 0 radical (unpaired) electrons. The molecule has 0 aliphatic carbocycles. The Morgan fingerprint density at radius 1 is 0.269 bits per heavy atom. The van der Waals surface area contributed by atoms with Crippen molar-refractivity contribution < 1.29 is 68.8 Å². The fraction of sp³-hybridized carbons (Fsp3) is 0.655. The molecule has 16 aliphatic rings. The number of hydrogen-bond acceptors (Lipinski definition) is 34. The minimum absolute atomic E-state index is 0.144. The highest BCUT2D eigenvalue weighted by Gasteiger charge is 2.47. The molecule has 47 heteroatoms. The number of sulfone groups is 1. The van der Waals surface area contributed by atoms with Gasteiger partial charge >= 0.3 is 0 Å². The van der Waals surface area contributed by atoms with Crippen molar-refractivity contribution in [2.75, 3.05) is 260 Å². The number of nitrogens with two attached hydrogens (primary N) is 6. The molecular formula is C87H133F2N25O14S6. The lowest BCUT2D eigenvalue weighted by Gasteiger charge is -2.38. The van der Waals surface area contributed by atoms with Crippen LogP contribution in [0.5, 0.6) is 0 Å². The van der Waals surface area contributed by atoms with E-state index < -0.39 is 76.8 Å². The van der Waals surface area contributed by atoms with Crippen LogP contribution in [0.25, 0.3) is 0 Å². The minimum Gasteiger partial charge on any atom is -0.396 e. The third-order valence-corrected chi connectivity index (χ3v) is 43.6. The van der Waals surface area contributed by atoms with E-state index in [1.54, 1.807) is 66.8 Å². The highest BCUT2D eigenvalue weighted by molar-refractivity contribution is 7.93. The van der Waals surface area contributed by atoms with Crippen LogP contribution in [0, 0.1) is 11.6 Å². The number of halogens is 2. The summed E-state index contributed by atoms with van der Waals surface area (Å²) in [6.07, 6.45) is 31.5. The molecule has 740 valence electrons. The van der Waals surface area contributed by atoms with Crippen molar-refractivity contribution in [1.82, 2.24) is 61.2 Å². The van der Waals surface area contributed by atoms with Crippen LogP contribution >= 0.6 is 0 Å². The maximum atomic E-state index is 14.1. The normalized spacial score (nSPS) is 24.3. The number of ether oxygens (including phenoxy) is 2. The van der Waals surface area contributed by atoms with Gasteiger partial charge in [0.15, 0.2) is 21.5 Å². The van der Waals surface area contributed by atoms with E-state index in [-0.39, 0.29) is 43.6 Å². The molecule has 16 fully saturated rings. The maximum Gasteiger partial charge on any atom is 0.217 e. The highest BCUT2D eigenvalue weighted by Crippen LogP contribution is 2.40. The van der Waals surface area contributed by atoms with Gasteiger partial charge in [-0.2, -0.15) is 12.9 Å². The fourth-order valence-electron chi connectivity index (χ4n) is 20.6. The van der Waals surface area contributed by atoms with Gasteiger partial charge in [0.05, 0.1) is 176 Å². The van der Waals surface area contributed by atoms with Gasteiger partial charge in [-0.15, -0.1) is 0 Å².